The van der Waals surface area contributed by atoms with E-state index in [1.165, 1.54) is 13.8 Å². The number of rotatable bonds is 5. The zero-order valence-corrected chi connectivity index (χ0v) is 11.7. The molecule has 8 heteroatoms. The van der Waals surface area contributed by atoms with E-state index >= 15 is 0 Å². The van der Waals surface area contributed by atoms with Crippen LogP contribution >= 0.6 is 0 Å². The smallest absolute Gasteiger partial charge is 0.422 e. The third-order valence-corrected chi connectivity index (χ3v) is 1.91. The number of carbonyl (C=O) groups is 3. The molecule has 0 bridgehead atoms. The SMILES string of the molecule is C[C@H](NC(=O)[C@H](C)NNC(=O)OC(C)(C)C)C(=O)O. The van der Waals surface area contributed by atoms with Crippen LogP contribution in [0.25, 0.3) is 0 Å². The van der Waals surface area contributed by atoms with Gasteiger partial charge >= 0.3 is 12.1 Å². The Morgan fingerprint density at radius 1 is 1.11 bits per heavy atom. The van der Waals surface area contributed by atoms with Gasteiger partial charge in [-0.15, -0.1) is 0 Å². The average Bonchev–Trinajstić information content (AvgIpc) is 2.23. The predicted octanol–water partition coefficient (Wildman–Crippen LogP) is -0.00650. The van der Waals surface area contributed by atoms with E-state index in [-0.39, 0.29) is 0 Å². The highest BCUT2D eigenvalue weighted by Crippen LogP contribution is 2.05. The lowest BCUT2D eigenvalue weighted by Crippen LogP contribution is -2.53. The number of hydrazine groups is 1. The molecule has 0 saturated heterocycles. The molecule has 0 aliphatic rings. The summed E-state index contributed by atoms with van der Waals surface area (Å²) in [6.07, 6.45) is -0.724. The highest BCUT2D eigenvalue weighted by molar-refractivity contribution is 5.86. The molecule has 2 amide bonds. The quantitative estimate of drug-likeness (QED) is 0.524. The fraction of sp³-hybridized carbons (Fsp3) is 0.727. The first kappa shape index (κ1) is 17.2. The Morgan fingerprint density at radius 3 is 2.05 bits per heavy atom. The largest absolute Gasteiger partial charge is 0.480 e. The number of carbonyl (C=O) groups excluding carboxylic acids is 2. The Balaban J connectivity index is 4.11. The summed E-state index contributed by atoms with van der Waals surface area (Å²) in [7, 11) is 0. The van der Waals surface area contributed by atoms with Gasteiger partial charge in [0, 0.05) is 0 Å². The molecule has 0 aromatic heterocycles. The van der Waals surface area contributed by atoms with E-state index in [0.717, 1.165) is 0 Å². The molecule has 0 saturated carbocycles. The molecule has 0 aromatic rings. The molecule has 110 valence electrons. The maximum atomic E-state index is 11.5. The molecule has 0 unspecified atom stereocenters. The number of hydrogen-bond donors (Lipinski definition) is 4. The van der Waals surface area contributed by atoms with E-state index < -0.39 is 35.7 Å². The molecule has 0 aromatic carbocycles. The number of carboxylic acid groups (broad SMARTS) is 1. The third-order valence-electron chi connectivity index (χ3n) is 1.91. The maximum absolute atomic E-state index is 11.5. The van der Waals surface area contributed by atoms with Gasteiger partial charge < -0.3 is 15.2 Å². The molecule has 0 fully saturated rings. The van der Waals surface area contributed by atoms with Crippen molar-refractivity contribution in [2.45, 2.75) is 52.3 Å². The van der Waals surface area contributed by atoms with Gasteiger partial charge in [0.1, 0.15) is 17.7 Å². The van der Waals surface area contributed by atoms with Gasteiger partial charge in [-0.3, -0.25) is 15.0 Å². The predicted molar refractivity (Wildman–Crippen MR) is 67.2 cm³/mol. The second-order valence-electron chi connectivity index (χ2n) is 5.06. The molecule has 0 spiro atoms. The van der Waals surface area contributed by atoms with Crippen LogP contribution in [-0.2, 0) is 14.3 Å². The van der Waals surface area contributed by atoms with Gasteiger partial charge in [0.05, 0.1) is 0 Å². The minimum absolute atomic E-state index is 0.550. The summed E-state index contributed by atoms with van der Waals surface area (Å²) in [6, 6.07) is -1.80. The van der Waals surface area contributed by atoms with Crippen molar-refractivity contribution in [3.05, 3.63) is 0 Å². The summed E-state index contributed by atoms with van der Waals surface area (Å²) >= 11 is 0. The molecular weight excluding hydrogens is 254 g/mol. The van der Waals surface area contributed by atoms with Gasteiger partial charge in [-0.25, -0.2) is 10.2 Å². The fourth-order valence-corrected chi connectivity index (χ4v) is 0.936. The lowest BCUT2D eigenvalue weighted by atomic mass is 10.2. The second kappa shape index (κ2) is 6.93. The maximum Gasteiger partial charge on any atom is 0.422 e. The average molecular weight is 275 g/mol. The zero-order chi connectivity index (χ0) is 15.2. The minimum Gasteiger partial charge on any atom is -0.480 e. The molecule has 0 aliphatic carbocycles. The van der Waals surface area contributed by atoms with Crippen molar-refractivity contribution >= 4 is 18.0 Å². The highest BCUT2D eigenvalue weighted by Gasteiger charge is 2.20. The Bertz CT molecular complexity index is 351. The number of carboxylic acids is 1. The van der Waals surface area contributed by atoms with Crippen molar-refractivity contribution in [2.75, 3.05) is 0 Å². The molecule has 0 radical (unpaired) electrons. The summed E-state index contributed by atoms with van der Waals surface area (Å²) in [5.41, 5.74) is 3.98. The molecule has 0 rings (SSSR count). The van der Waals surface area contributed by atoms with Crippen LogP contribution in [-0.4, -0.2) is 40.8 Å². The third kappa shape index (κ3) is 7.98. The molecular formula is C11H21N3O5. The normalized spacial score (nSPS) is 14.2. The summed E-state index contributed by atoms with van der Waals surface area (Å²) in [5, 5.41) is 10.9. The first-order chi connectivity index (χ1) is 8.53. The second-order valence-corrected chi connectivity index (χ2v) is 5.06. The van der Waals surface area contributed by atoms with E-state index in [1.54, 1.807) is 20.8 Å². The topological polar surface area (TPSA) is 117 Å². The molecule has 0 heterocycles. The van der Waals surface area contributed by atoms with Crippen LogP contribution < -0.4 is 16.2 Å². The van der Waals surface area contributed by atoms with E-state index in [1.807, 2.05) is 0 Å². The summed E-state index contributed by atoms with van der Waals surface area (Å²) < 4.78 is 4.95. The van der Waals surface area contributed by atoms with Crippen LogP contribution in [0.4, 0.5) is 4.79 Å². The van der Waals surface area contributed by atoms with Crippen molar-refractivity contribution in [3.8, 4) is 0 Å². The van der Waals surface area contributed by atoms with Crippen molar-refractivity contribution in [1.29, 1.82) is 0 Å². The van der Waals surface area contributed by atoms with E-state index in [4.69, 9.17) is 9.84 Å². The van der Waals surface area contributed by atoms with Crippen molar-refractivity contribution < 1.29 is 24.2 Å². The van der Waals surface area contributed by atoms with Crippen LogP contribution in [0.2, 0.25) is 0 Å². The Kier molecular flexibility index (Phi) is 6.26. The van der Waals surface area contributed by atoms with E-state index in [9.17, 15) is 14.4 Å². The number of amides is 2. The molecule has 2 atom stereocenters. The van der Waals surface area contributed by atoms with Crippen molar-refractivity contribution in [3.63, 3.8) is 0 Å². The summed E-state index contributed by atoms with van der Waals surface area (Å²) in [4.78, 5) is 33.4. The fourth-order valence-electron chi connectivity index (χ4n) is 0.936. The summed E-state index contributed by atoms with van der Waals surface area (Å²) in [6.45, 7) is 7.93. The monoisotopic (exact) mass is 275 g/mol. The van der Waals surface area contributed by atoms with Gasteiger partial charge in [0.25, 0.3) is 0 Å². The lowest BCUT2D eigenvalue weighted by molar-refractivity contribution is -0.141. The van der Waals surface area contributed by atoms with E-state index in [2.05, 4.69) is 16.2 Å². The van der Waals surface area contributed by atoms with Gasteiger partial charge in [-0.1, -0.05) is 0 Å². The lowest BCUT2D eigenvalue weighted by Gasteiger charge is -2.21. The van der Waals surface area contributed by atoms with Crippen LogP contribution in [0.3, 0.4) is 0 Å². The van der Waals surface area contributed by atoms with Gasteiger partial charge in [0.2, 0.25) is 5.91 Å². The van der Waals surface area contributed by atoms with E-state index in [0.29, 0.717) is 0 Å². The standard InChI is InChI=1S/C11H21N3O5/c1-6(8(15)12-7(2)9(16)17)13-14-10(18)19-11(3,4)5/h6-7,13H,1-5H3,(H,12,15)(H,14,18)(H,16,17)/t6-,7-/m0/s1. The minimum atomic E-state index is -1.14. The molecule has 0 aliphatic heterocycles. The number of aliphatic carboxylic acids is 1. The van der Waals surface area contributed by atoms with Crippen LogP contribution in [0, 0.1) is 0 Å². The molecule has 4 N–H and O–H groups in total. The Labute approximate surface area is 111 Å². The first-order valence-electron chi connectivity index (χ1n) is 5.80. The van der Waals surface area contributed by atoms with Crippen LogP contribution in [0.5, 0.6) is 0 Å². The van der Waals surface area contributed by atoms with Gasteiger partial charge in [0.15, 0.2) is 0 Å². The van der Waals surface area contributed by atoms with Crippen molar-refractivity contribution in [1.82, 2.24) is 16.2 Å². The zero-order valence-electron chi connectivity index (χ0n) is 11.7. The Hall–Kier alpha value is -1.83. The highest BCUT2D eigenvalue weighted by atomic mass is 16.6. The number of hydrogen-bond acceptors (Lipinski definition) is 5. The number of nitrogens with one attached hydrogen (secondary N) is 3. The summed E-state index contributed by atoms with van der Waals surface area (Å²) in [5.74, 6) is -1.69. The van der Waals surface area contributed by atoms with Crippen LogP contribution in [0.15, 0.2) is 0 Å². The van der Waals surface area contributed by atoms with Gasteiger partial charge in [-0.2, -0.15) is 0 Å². The molecule has 19 heavy (non-hydrogen) atoms. The van der Waals surface area contributed by atoms with Crippen molar-refractivity contribution in [2.24, 2.45) is 0 Å². The Morgan fingerprint density at radius 2 is 1.63 bits per heavy atom. The first-order valence-corrected chi connectivity index (χ1v) is 5.80. The van der Waals surface area contributed by atoms with Crippen LogP contribution in [0.1, 0.15) is 34.6 Å². The molecule has 8 nitrogen and oxygen atoms in total. The van der Waals surface area contributed by atoms with Gasteiger partial charge in [-0.05, 0) is 34.6 Å². The number of ether oxygens (including phenoxy) is 1.